The third-order valence-electron chi connectivity index (χ3n) is 11.5. The van der Waals surface area contributed by atoms with Crippen LogP contribution in [-0.2, 0) is 49.5 Å². The van der Waals surface area contributed by atoms with Crippen molar-refractivity contribution in [2.24, 2.45) is 23.7 Å². The van der Waals surface area contributed by atoms with Crippen molar-refractivity contribution in [2.75, 3.05) is 25.2 Å². The van der Waals surface area contributed by atoms with E-state index >= 15 is 0 Å². The first kappa shape index (κ1) is 47.7. The third kappa shape index (κ3) is 15.6. The predicted molar refractivity (Wildman–Crippen MR) is 219 cm³/mol. The van der Waals surface area contributed by atoms with Crippen LogP contribution in [0.5, 0.6) is 0 Å². The number of ether oxygens (including phenoxy) is 4. The van der Waals surface area contributed by atoms with Gasteiger partial charge in [-0.1, -0.05) is 66.3 Å². The van der Waals surface area contributed by atoms with Crippen LogP contribution in [0.25, 0.3) is 0 Å². The van der Waals surface area contributed by atoms with E-state index in [0.717, 1.165) is 55.9 Å². The molecule has 0 amide bonds. The molecule has 0 radical (unpaired) electrons. The molecule has 0 aliphatic carbocycles. The molecule has 2 aliphatic heterocycles. The molecule has 12 heteroatoms. The summed E-state index contributed by atoms with van der Waals surface area (Å²) in [5.41, 5.74) is 2.68. The molecule has 2 aliphatic rings. The fourth-order valence-corrected chi connectivity index (χ4v) is 10.5. The fourth-order valence-electron chi connectivity index (χ4n) is 8.11. The van der Waals surface area contributed by atoms with Gasteiger partial charge in [-0.25, -0.2) is 8.42 Å². The van der Waals surface area contributed by atoms with Crippen molar-refractivity contribution in [3.05, 3.63) is 54.1 Å². The van der Waals surface area contributed by atoms with Crippen molar-refractivity contribution in [3.8, 4) is 0 Å². The van der Waals surface area contributed by atoms with E-state index in [1.165, 1.54) is 0 Å². The molecular formula is C43H72O10S2. The first-order valence-corrected chi connectivity index (χ1v) is 24.1. The molecule has 0 spiro atoms. The van der Waals surface area contributed by atoms with Crippen LogP contribution in [-0.4, -0.2) is 90.1 Å². The molecular weight excluding hydrogens is 741 g/mol. The highest BCUT2D eigenvalue weighted by Gasteiger charge is 2.45. The monoisotopic (exact) mass is 812 g/mol. The van der Waals surface area contributed by atoms with Crippen molar-refractivity contribution < 1.29 is 45.1 Å². The van der Waals surface area contributed by atoms with E-state index in [-0.39, 0.29) is 54.5 Å². The molecule has 0 unspecified atom stereocenters. The van der Waals surface area contributed by atoms with Gasteiger partial charge in [-0.15, -0.1) is 0 Å². The molecule has 10 nitrogen and oxygen atoms in total. The fraction of sp³-hybridized carbons (Fsp3) is 0.767. The van der Waals surface area contributed by atoms with Crippen LogP contribution in [0, 0.1) is 23.7 Å². The summed E-state index contributed by atoms with van der Waals surface area (Å²) in [6.07, 6.45) is 5.63. The topological polar surface area (TPSA) is 135 Å². The standard InChI is InChI=1S/C43H72O10S2/c1-11-29(5)25-41-33(9)38(28-55(47,48)37-19-15-34(12-2)16-20-37)42(52-41)27-39(44)31(7)23-30(6)24-36(53-54(10,45)46)17-21-40-32(8)26-35(51-40)18-22-43(49-13-3)50-14-4/h15-16,19-20,29-30,33,35-36,38-44H,7-8,11-14,17-18,21-28H2,1-6,9-10H3/t29-,30+,33-,35+,36-,38-,39-,40+,41-,42+/m1/s1. The number of sulfone groups is 1. The Kier molecular flexibility index (Phi) is 19.5. The number of aryl methyl sites for hydroxylation is 1. The van der Waals surface area contributed by atoms with Crippen LogP contribution in [0.3, 0.4) is 0 Å². The summed E-state index contributed by atoms with van der Waals surface area (Å²) in [6, 6.07) is 7.11. The van der Waals surface area contributed by atoms with Crippen molar-refractivity contribution in [1.82, 2.24) is 0 Å². The van der Waals surface area contributed by atoms with Crippen LogP contribution in [0.1, 0.15) is 118 Å². The number of aliphatic hydroxyl groups is 1. The molecule has 2 saturated heterocycles. The second kappa shape index (κ2) is 22.5. The number of rotatable bonds is 26. The van der Waals surface area contributed by atoms with E-state index in [1.807, 2.05) is 39.8 Å². The zero-order chi connectivity index (χ0) is 40.9. The summed E-state index contributed by atoms with van der Waals surface area (Å²) in [6.45, 7) is 24.0. The van der Waals surface area contributed by atoms with Gasteiger partial charge in [-0.3, -0.25) is 4.18 Å². The second-order valence-electron chi connectivity index (χ2n) is 16.2. The summed E-state index contributed by atoms with van der Waals surface area (Å²) in [7, 11) is -7.32. The zero-order valence-corrected chi connectivity index (χ0v) is 36.5. The van der Waals surface area contributed by atoms with Gasteiger partial charge < -0.3 is 24.1 Å². The highest BCUT2D eigenvalue weighted by Crippen LogP contribution is 2.41. The predicted octanol–water partition coefficient (Wildman–Crippen LogP) is 8.22. The Morgan fingerprint density at radius 2 is 1.58 bits per heavy atom. The Hall–Kier alpha value is -1.64. The normalized spacial score (nSPS) is 25.7. The van der Waals surface area contributed by atoms with Gasteiger partial charge in [-0.2, -0.15) is 8.42 Å². The Labute approximate surface area is 333 Å². The van der Waals surface area contributed by atoms with Crippen LogP contribution < -0.4 is 0 Å². The second-order valence-corrected chi connectivity index (χ2v) is 19.9. The summed E-state index contributed by atoms with van der Waals surface area (Å²) in [4.78, 5) is 0.308. The van der Waals surface area contributed by atoms with Crippen molar-refractivity contribution in [2.45, 2.75) is 167 Å². The van der Waals surface area contributed by atoms with Crippen LogP contribution in [0.15, 0.2) is 53.5 Å². The van der Waals surface area contributed by atoms with E-state index in [0.29, 0.717) is 55.3 Å². The molecule has 1 aromatic carbocycles. The third-order valence-corrected chi connectivity index (χ3v) is 14.0. The lowest BCUT2D eigenvalue weighted by atomic mass is 9.83. The quantitative estimate of drug-likeness (QED) is 0.0554. The molecule has 0 saturated carbocycles. The molecule has 3 rings (SSSR count). The number of benzene rings is 1. The maximum atomic E-state index is 13.7. The van der Waals surface area contributed by atoms with E-state index in [9.17, 15) is 21.9 Å². The number of hydrogen-bond donors (Lipinski definition) is 1. The van der Waals surface area contributed by atoms with Crippen molar-refractivity contribution in [1.29, 1.82) is 0 Å². The molecule has 10 atom stereocenters. The van der Waals surface area contributed by atoms with Crippen molar-refractivity contribution >= 4 is 20.0 Å². The van der Waals surface area contributed by atoms with Crippen LogP contribution >= 0.6 is 0 Å². The largest absolute Gasteiger partial charge is 0.389 e. The zero-order valence-electron chi connectivity index (χ0n) is 34.9. The Bertz CT molecular complexity index is 1540. The number of aliphatic hydroxyl groups excluding tert-OH is 1. The molecule has 0 bridgehead atoms. The Morgan fingerprint density at radius 1 is 0.927 bits per heavy atom. The van der Waals surface area contributed by atoms with E-state index in [1.54, 1.807) is 12.1 Å². The molecule has 2 heterocycles. The van der Waals surface area contributed by atoms with Crippen LogP contribution in [0.2, 0.25) is 0 Å². The maximum Gasteiger partial charge on any atom is 0.264 e. The molecule has 0 aromatic heterocycles. The average molecular weight is 813 g/mol. The van der Waals surface area contributed by atoms with Crippen molar-refractivity contribution in [3.63, 3.8) is 0 Å². The minimum Gasteiger partial charge on any atom is -0.389 e. The first-order valence-electron chi connectivity index (χ1n) is 20.7. The minimum absolute atomic E-state index is 0.00290. The smallest absolute Gasteiger partial charge is 0.264 e. The van der Waals surface area contributed by atoms with Gasteiger partial charge in [0, 0.05) is 32.0 Å². The van der Waals surface area contributed by atoms with E-state index < -0.39 is 38.3 Å². The molecule has 55 heavy (non-hydrogen) atoms. The Balaban J connectivity index is 1.62. The highest BCUT2D eigenvalue weighted by molar-refractivity contribution is 7.91. The molecule has 316 valence electrons. The van der Waals surface area contributed by atoms with Gasteiger partial charge in [0.1, 0.15) is 0 Å². The SMILES string of the molecule is C=C(C[C@H](C)C[C@@H](CC[C@@H]1O[C@@H](CCC(OCC)OCC)CC1=C)OS(C)(=O)=O)[C@H](O)C[C@@H]1O[C@H](C[C@H](C)CC)[C@H](C)[C@H]1CS(=O)(=O)c1ccc(CC)cc1. The number of hydrogen-bond acceptors (Lipinski definition) is 10. The van der Waals surface area contributed by atoms with E-state index in [4.69, 9.17) is 23.1 Å². The molecule has 1 N–H and O–H groups in total. The average Bonchev–Trinajstić information content (AvgIpc) is 3.61. The van der Waals surface area contributed by atoms with Gasteiger partial charge >= 0.3 is 0 Å². The summed E-state index contributed by atoms with van der Waals surface area (Å²) in [5, 5.41) is 11.5. The minimum atomic E-state index is -3.72. The first-order chi connectivity index (χ1) is 25.9. The lowest BCUT2D eigenvalue weighted by Gasteiger charge is -2.26. The lowest BCUT2D eigenvalue weighted by Crippen LogP contribution is -2.31. The summed E-state index contributed by atoms with van der Waals surface area (Å²) < 4.78 is 81.8. The van der Waals surface area contributed by atoms with Gasteiger partial charge in [0.05, 0.1) is 53.5 Å². The van der Waals surface area contributed by atoms with Crippen LogP contribution in [0.4, 0.5) is 0 Å². The Morgan fingerprint density at radius 3 is 2.16 bits per heavy atom. The van der Waals surface area contributed by atoms with E-state index in [2.05, 4.69) is 33.9 Å². The summed E-state index contributed by atoms with van der Waals surface area (Å²) in [5.74, 6) is 0.0221. The van der Waals surface area contributed by atoms with Gasteiger partial charge in [0.25, 0.3) is 10.1 Å². The lowest BCUT2D eigenvalue weighted by molar-refractivity contribution is -0.144. The van der Waals surface area contributed by atoms with Gasteiger partial charge in [0.15, 0.2) is 16.1 Å². The molecule has 2 fully saturated rings. The molecule has 1 aromatic rings. The van der Waals surface area contributed by atoms with Gasteiger partial charge in [-0.05, 0) is 112 Å². The van der Waals surface area contributed by atoms with Gasteiger partial charge in [0.2, 0.25) is 0 Å². The highest BCUT2D eigenvalue weighted by atomic mass is 32.2. The maximum absolute atomic E-state index is 13.7. The summed E-state index contributed by atoms with van der Waals surface area (Å²) >= 11 is 0.